The van der Waals surface area contributed by atoms with Crippen LogP contribution >= 0.6 is 0 Å². The maximum absolute atomic E-state index is 4.88. The molecule has 5 heteroatoms. The number of nitrogens with one attached hydrogen (secondary N) is 2. The van der Waals surface area contributed by atoms with E-state index in [1.807, 2.05) is 0 Å². The minimum absolute atomic E-state index is 0.505. The molecule has 0 aromatic heterocycles. The van der Waals surface area contributed by atoms with Crippen LogP contribution in [0.15, 0.2) is 4.99 Å². The monoisotopic (exact) mass is 323 g/mol. The van der Waals surface area contributed by atoms with Crippen molar-refractivity contribution in [2.24, 2.45) is 16.8 Å². The number of hydrogen-bond acceptors (Lipinski definition) is 3. The van der Waals surface area contributed by atoms with Gasteiger partial charge in [-0.25, -0.2) is 0 Å². The van der Waals surface area contributed by atoms with E-state index in [4.69, 9.17) is 4.99 Å². The Balaban J connectivity index is 1.87. The molecule has 2 aliphatic heterocycles. The average Bonchev–Trinajstić information content (AvgIpc) is 3.12. The molecule has 0 spiro atoms. The van der Waals surface area contributed by atoms with Gasteiger partial charge in [-0.1, -0.05) is 13.8 Å². The van der Waals surface area contributed by atoms with Crippen LogP contribution < -0.4 is 10.6 Å². The van der Waals surface area contributed by atoms with Crippen LogP contribution in [0, 0.1) is 11.8 Å². The van der Waals surface area contributed by atoms with Gasteiger partial charge >= 0.3 is 0 Å². The number of guanidine groups is 1. The van der Waals surface area contributed by atoms with E-state index in [2.05, 4.69) is 55.1 Å². The second-order valence-electron chi connectivity index (χ2n) is 7.54. The summed E-state index contributed by atoms with van der Waals surface area (Å²) in [5.41, 5.74) is 0. The van der Waals surface area contributed by atoms with Crippen LogP contribution in [0.5, 0.6) is 0 Å². The molecule has 2 N–H and O–H groups in total. The first-order chi connectivity index (χ1) is 11.0. The fourth-order valence-corrected chi connectivity index (χ4v) is 3.68. The second-order valence-corrected chi connectivity index (χ2v) is 7.54. The van der Waals surface area contributed by atoms with Gasteiger partial charge in [0.25, 0.3) is 0 Å². The topological polar surface area (TPSA) is 42.9 Å². The highest BCUT2D eigenvalue weighted by Crippen LogP contribution is 2.19. The molecule has 0 amide bonds. The fraction of sp³-hybridized carbons (Fsp3) is 0.944. The summed E-state index contributed by atoms with van der Waals surface area (Å²) in [6.45, 7) is 19.1. The van der Waals surface area contributed by atoms with E-state index in [0.29, 0.717) is 18.0 Å². The van der Waals surface area contributed by atoms with Crippen LogP contribution in [-0.2, 0) is 0 Å². The summed E-state index contributed by atoms with van der Waals surface area (Å²) in [6.07, 6.45) is 1.29. The Bertz CT molecular complexity index is 382. The van der Waals surface area contributed by atoms with Crippen molar-refractivity contribution >= 4 is 5.96 Å². The molecule has 2 rings (SSSR count). The summed E-state index contributed by atoms with van der Waals surface area (Å²) in [4.78, 5) is 9.97. The molecule has 0 aromatic carbocycles. The van der Waals surface area contributed by atoms with Gasteiger partial charge in [0.05, 0.1) is 0 Å². The molecule has 0 saturated carbocycles. The van der Waals surface area contributed by atoms with Crippen molar-refractivity contribution in [1.29, 1.82) is 0 Å². The van der Waals surface area contributed by atoms with Crippen LogP contribution in [0.3, 0.4) is 0 Å². The quantitative estimate of drug-likeness (QED) is 0.576. The molecule has 2 heterocycles. The molecule has 3 unspecified atom stereocenters. The van der Waals surface area contributed by atoms with E-state index in [0.717, 1.165) is 31.5 Å². The van der Waals surface area contributed by atoms with E-state index < -0.39 is 0 Å². The standard InChI is InChI=1S/C18H37N5/c1-6-19-18(20-10-16-8-9-22(7-2)12-16)21-17-13-23(14(3)4)11-15(17)5/h14-17H,6-13H2,1-5H3,(H2,19,20,21). The van der Waals surface area contributed by atoms with Crippen LogP contribution in [0.25, 0.3) is 0 Å². The molecule has 2 saturated heterocycles. The molecule has 2 fully saturated rings. The van der Waals surface area contributed by atoms with Gasteiger partial charge in [-0.15, -0.1) is 0 Å². The van der Waals surface area contributed by atoms with E-state index in [1.165, 1.54) is 32.6 Å². The Morgan fingerprint density at radius 3 is 2.57 bits per heavy atom. The summed E-state index contributed by atoms with van der Waals surface area (Å²) in [7, 11) is 0. The molecule has 5 nitrogen and oxygen atoms in total. The molecular formula is C18H37N5. The molecule has 23 heavy (non-hydrogen) atoms. The summed E-state index contributed by atoms with van der Waals surface area (Å²) in [6, 6.07) is 1.13. The largest absolute Gasteiger partial charge is 0.357 e. The Morgan fingerprint density at radius 1 is 1.22 bits per heavy atom. The van der Waals surface area contributed by atoms with Gasteiger partial charge in [0, 0.05) is 44.8 Å². The molecule has 0 aliphatic carbocycles. The first-order valence-electron chi connectivity index (χ1n) is 9.54. The molecule has 134 valence electrons. The van der Waals surface area contributed by atoms with Gasteiger partial charge in [-0.05, 0) is 52.1 Å². The van der Waals surface area contributed by atoms with Crippen molar-refractivity contribution in [3.8, 4) is 0 Å². The minimum Gasteiger partial charge on any atom is -0.357 e. The van der Waals surface area contributed by atoms with E-state index in [9.17, 15) is 0 Å². The van der Waals surface area contributed by atoms with Crippen molar-refractivity contribution in [2.45, 2.75) is 53.1 Å². The predicted molar refractivity (Wildman–Crippen MR) is 99.0 cm³/mol. The minimum atomic E-state index is 0.505. The van der Waals surface area contributed by atoms with Crippen molar-refractivity contribution < 1.29 is 0 Å². The van der Waals surface area contributed by atoms with Gasteiger partial charge in [-0.3, -0.25) is 9.89 Å². The van der Waals surface area contributed by atoms with Gasteiger partial charge < -0.3 is 15.5 Å². The molecule has 0 radical (unpaired) electrons. The predicted octanol–water partition coefficient (Wildman–Crippen LogP) is 1.61. The average molecular weight is 324 g/mol. The van der Waals surface area contributed by atoms with E-state index in [-0.39, 0.29) is 0 Å². The van der Waals surface area contributed by atoms with E-state index >= 15 is 0 Å². The molecule has 3 atom stereocenters. The van der Waals surface area contributed by atoms with Crippen LogP contribution in [0.2, 0.25) is 0 Å². The highest BCUT2D eigenvalue weighted by molar-refractivity contribution is 5.80. The third-order valence-electron chi connectivity index (χ3n) is 5.36. The maximum Gasteiger partial charge on any atom is 0.191 e. The Hall–Kier alpha value is -0.810. The number of hydrogen-bond donors (Lipinski definition) is 2. The number of rotatable bonds is 6. The lowest BCUT2D eigenvalue weighted by atomic mass is 10.1. The lowest BCUT2D eigenvalue weighted by Crippen LogP contribution is -2.47. The van der Waals surface area contributed by atoms with Crippen molar-refractivity contribution in [2.75, 3.05) is 45.8 Å². The highest BCUT2D eigenvalue weighted by Gasteiger charge is 2.31. The maximum atomic E-state index is 4.88. The first-order valence-corrected chi connectivity index (χ1v) is 9.54. The first kappa shape index (κ1) is 18.5. The molecule has 0 aromatic rings. The van der Waals surface area contributed by atoms with Gasteiger partial charge in [0.2, 0.25) is 0 Å². The molecule has 0 bridgehead atoms. The second kappa shape index (κ2) is 8.88. The van der Waals surface area contributed by atoms with Gasteiger partial charge in [0.1, 0.15) is 0 Å². The van der Waals surface area contributed by atoms with Gasteiger partial charge in [-0.2, -0.15) is 0 Å². The summed E-state index contributed by atoms with van der Waals surface area (Å²) >= 11 is 0. The Kier molecular flexibility index (Phi) is 7.15. The zero-order valence-corrected chi connectivity index (χ0v) is 15.8. The van der Waals surface area contributed by atoms with Crippen LogP contribution in [0.4, 0.5) is 0 Å². The normalized spacial score (nSPS) is 30.3. The number of aliphatic imine (C=N–C) groups is 1. The summed E-state index contributed by atoms with van der Waals surface area (Å²) < 4.78 is 0. The van der Waals surface area contributed by atoms with Crippen molar-refractivity contribution in [3.05, 3.63) is 0 Å². The Morgan fingerprint density at radius 2 is 2.00 bits per heavy atom. The Labute approximate surface area is 142 Å². The lowest BCUT2D eigenvalue weighted by molar-refractivity contribution is 0.265. The van der Waals surface area contributed by atoms with Crippen molar-refractivity contribution in [3.63, 3.8) is 0 Å². The lowest BCUT2D eigenvalue weighted by Gasteiger charge is -2.22. The third-order valence-corrected chi connectivity index (χ3v) is 5.36. The van der Waals surface area contributed by atoms with Gasteiger partial charge in [0.15, 0.2) is 5.96 Å². The van der Waals surface area contributed by atoms with E-state index in [1.54, 1.807) is 0 Å². The van der Waals surface area contributed by atoms with Crippen LogP contribution in [0.1, 0.15) is 41.0 Å². The third kappa shape index (κ3) is 5.35. The van der Waals surface area contributed by atoms with Crippen molar-refractivity contribution in [1.82, 2.24) is 20.4 Å². The smallest absolute Gasteiger partial charge is 0.191 e. The number of likely N-dealkylation sites (tertiary alicyclic amines) is 2. The summed E-state index contributed by atoms with van der Waals surface area (Å²) in [5, 5.41) is 7.11. The summed E-state index contributed by atoms with van der Waals surface area (Å²) in [5.74, 6) is 2.40. The zero-order chi connectivity index (χ0) is 16.8. The zero-order valence-electron chi connectivity index (χ0n) is 15.8. The molecular weight excluding hydrogens is 286 g/mol. The van der Waals surface area contributed by atoms with Crippen LogP contribution in [-0.4, -0.2) is 73.7 Å². The SMILES string of the molecule is CCNC(=NCC1CCN(CC)C1)NC1CN(C(C)C)CC1C. The molecule has 2 aliphatic rings. The fourth-order valence-electron chi connectivity index (χ4n) is 3.68. The number of nitrogens with zero attached hydrogens (tertiary/aromatic N) is 3. The highest BCUT2D eigenvalue weighted by atomic mass is 15.3.